The minimum atomic E-state index is -0.402. The van der Waals surface area contributed by atoms with Crippen molar-refractivity contribution >= 4 is 23.0 Å². The highest BCUT2D eigenvalue weighted by Gasteiger charge is 2.00. The van der Waals surface area contributed by atoms with Gasteiger partial charge in [0.05, 0.1) is 6.10 Å². The predicted octanol–water partition coefficient (Wildman–Crippen LogP) is 2.70. The Kier molecular flexibility index (Phi) is 6.68. The highest BCUT2D eigenvalue weighted by Crippen LogP contribution is 2.11. The zero-order valence-corrected chi connectivity index (χ0v) is 11.9. The topological polar surface area (TPSA) is 44.3 Å². The van der Waals surface area contributed by atoms with Crippen LogP contribution in [0.15, 0.2) is 24.3 Å². The van der Waals surface area contributed by atoms with E-state index in [4.69, 9.17) is 17.3 Å². The second-order valence-electron chi connectivity index (χ2n) is 4.48. The lowest BCUT2D eigenvalue weighted by Crippen LogP contribution is -2.33. The number of benzene rings is 1. The SMILES string of the molecule is CCCCc1ccc(NC(=S)NC[C@@H](C)O)cc1. The Morgan fingerprint density at radius 3 is 2.56 bits per heavy atom. The first kappa shape index (κ1) is 14.9. The molecule has 4 heteroatoms. The fraction of sp³-hybridized carbons (Fsp3) is 0.500. The monoisotopic (exact) mass is 266 g/mol. The van der Waals surface area contributed by atoms with Crippen LogP contribution in [0.4, 0.5) is 5.69 Å². The summed E-state index contributed by atoms with van der Waals surface area (Å²) in [6, 6.07) is 8.30. The number of unbranched alkanes of at least 4 members (excludes halogenated alkanes) is 1. The van der Waals surface area contributed by atoms with Gasteiger partial charge in [0.15, 0.2) is 5.11 Å². The summed E-state index contributed by atoms with van der Waals surface area (Å²) >= 11 is 5.12. The average Bonchev–Trinajstić information content (AvgIpc) is 2.35. The Morgan fingerprint density at radius 1 is 1.33 bits per heavy atom. The van der Waals surface area contributed by atoms with Crippen LogP contribution in [0.2, 0.25) is 0 Å². The second kappa shape index (κ2) is 8.06. The molecular weight excluding hydrogens is 244 g/mol. The lowest BCUT2D eigenvalue weighted by atomic mass is 10.1. The molecule has 0 aliphatic rings. The van der Waals surface area contributed by atoms with E-state index in [-0.39, 0.29) is 0 Å². The summed E-state index contributed by atoms with van der Waals surface area (Å²) < 4.78 is 0. The first-order chi connectivity index (χ1) is 8.61. The molecule has 0 aromatic heterocycles. The summed E-state index contributed by atoms with van der Waals surface area (Å²) in [4.78, 5) is 0. The molecule has 0 spiro atoms. The number of aliphatic hydroxyl groups excluding tert-OH is 1. The Hall–Kier alpha value is -1.13. The number of hydrogen-bond donors (Lipinski definition) is 3. The van der Waals surface area contributed by atoms with E-state index in [1.165, 1.54) is 18.4 Å². The molecule has 18 heavy (non-hydrogen) atoms. The van der Waals surface area contributed by atoms with E-state index in [1.807, 2.05) is 12.1 Å². The largest absolute Gasteiger partial charge is 0.392 e. The average molecular weight is 266 g/mol. The van der Waals surface area contributed by atoms with Crippen molar-refractivity contribution in [2.45, 2.75) is 39.2 Å². The van der Waals surface area contributed by atoms with Gasteiger partial charge in [-0.2, -0.15) is 0 Å². The number of aryl methyl sites for hydroxylation is 1. The van der Waals surface area contributed by atoms with Crippen LogP contribution >= 0.6 is 12.2 Å². The van der Waals surface area contributed by atoms with Crippen molar-refractivity contribution < 1.29 is 5.11 Å². The molecule has 0 saturated heterocycles. The van der Waals surface area contributed by atoms with E-state index in [9.17, 15) is 0 Å². The van der Waals surface area contributed by atoms with Crippen molar-refractivity contribution in [1.29, 1.82) is 0 Å². The molecule has 1 atom stereocenters. The van der Waals surface area contributed by atoms with Crippen molar-refractivity contribution in [1.82, 2.24) is 5.32 Å². The third-order valence-electron chi connectivity index (χ3n) is 2.59. The zero-order chi connectivity index (χ0) is 13.4. The Labute approximate surface area is 115 Å². The van der Waals surface area contributed by atoms with Crippen LogP contribution in [0.1, 0.15) is 32.3 Å². The van der Waals surface area contributed by atoms with Crippen molar-refractivity contribution in [3.63, 3.8) is 0 Å². The van der Waals surface area contributed by atoms with Crippen molar-refractivity contribution in [2.75, 3.05) is 11.9 Å². The third kappa shape index (κ3) is 5.98. The van der Waals surface area contributed by atoms with Gasteiger partial charge < -0.3 is 15.7 Å². The molecule has 1 aromatic carbocycles. The maximum atomic E-state index is 9.14. The van der Waals surface area contributed by atoms with Crippen molar-refractivity contribution in [3.8, 4) is 0 Å². The van der Waals surface area contributed by atoms with Gasteiger partial charge in [-0.1, -0.05) is 25.5 Å². The first-order valence-electron chi connectivity index (χ1n) is 6.43. The van der Waals surface area contributed by atoms with Crippen LogP contribution in [0.3, 0.4) is 0 Å². The van der Waals surface area contributed by atoms with Crippen LogP contribution in [0.5, 0.6) is 0 Å². The molecule has 0 aliphatic heterocycles. The lowest BCUT2D eigenvalue weighted by molar-refractivity contribution is 0.198. The van der Waals surface area contributed by atoms with Gasteiger partial charge in [-0.3, -0.25) is 0 Å². The number of anilines is 1. The van der Waals surface area contributed by atoms with Gasteiger partial charge in [0.25, 0.3) is 0 Å². The molecule has 0 fully saturated rings. The van der Waals surface area contributed by atoms with E-state index in [1.54, 1.807) is 6.92 Å². The molecule has 0 saturated carbocycles. The fourth-order valence-electron chi connectivity index (χ4n) is 1.55. The molecule has 0 aliphatic carbocycles. The molecule has 3 N–H and O–H groups in total. The van der Waals surface area contributed by atoms with E-state index in [0.717, 1.165) is 12.1 Å². The normalized spacial score (nSPS) is 11.9. The maximum absolute atomic E-state index is 9.14. The molecule has 0 bridgehead atoms. The molecule has 0 amide bonds. The smallest absolute Gasteiger partial charge is 0.170 e. The molecule has 3 nitrogen and oxygen atoms in total. The van der Waals surface area contributed by atoms with Gasteiger partial charge in [0.1, 0.15) is 0 Å². The fourth-order valence-corrected chi connectivity index (χ4v) is 1.75. The minimum Gasteiger partial charge on any atom is -0.392 e. The molecular formula is C14H22N2OS. The minimum absolute atomic E-state index is 0.402. The lowest BCUT2D eigenvalue weighted by Gasteiger charge is -2.12. The molecule has 1 rings (SSSR count). The van der Waals surface area contributed by atoms with Crippen LogP contribution in [0.25, 0.3) is 0 Å². The molecule has 1 aromatic rings. The quantitative estimate of drug-likeness (QED) is 0.693. The van der Waals surface area contributed by atoms with Gasteiger partial charge in [0, 0.05) is 12.2 Å². The van der Waals surface area contributed by atoms with Gasteiger partial charge in [-0.15, -0.1) is 0 Å². The molecule has 100 valence electrons. The van der Waals surface area contributed by atoms with Gasteiger partial charge >= 0.3 is 0 Å². The van der Waals surface area contributed by atoms with Gasteiger partial charge in [-0.05, 0) is 49.7 Å². The summed E-state index contributed by atoms with van der Waals surface area (Å²) in [5.74, 6) is 0. The number of thiocarbonyl (C=S) groups is 1. The predicted molar refractivity (Wildman–Crippen MR) is 81.0 cm³/mol. The molecule has 0 heterocycles. The molecule has 0 radical (unpaired) electrons. The zero-order valence-electron chi connectivity index (χ0n) is 11.1. The van der Waals surface area contributed by atoms with Crippen LogP contribution in [-0.4, -0.2) is 22.9 Å². The van der Waals surface area contributed by atoms with Crippen LogP contribution < -0.4 is 10.6 Å². The number of nitrogens with one attached hydrogen (secondary N) is 2. The van der Waals surface area contributed by atoms with E-state index in [2.05, 4.69) is 29.7 Å². The third-order valence-corrected chi connectivity index (χ3v) is 2.84. The maximum Gasteiger partial charge on any atom is 0.170 e. The van der Waals surface area contributed by atoms with E-state index in [0.29, 0.717) is 11.7 Å². The van der Waals surface area contributed by atoms with Crippen molar-refractivity contribution in [2.24, 2.45) is 0 Å². The second-order valence-corrected chi connectivity index (χ2v) is 4.89. The Morgan fingerprint density at radius 2 is 2.00 bits per heavy atom. The first-order valence-corrected chi connectivity index (χ1v) is 6.84. The summed E-state index contributed by atoms with van der Waals surface area (Å²) in [5.41, 5.74) is 2.32. The summed E-state index contributed by atoms with van der Waals surface area (Å²) in [6.45, 7) is 4.38. The van der Waals surface area contributed by atoms with Crippen LogP contribution in [-0.2, 0) is 6.42 Å². The van der Waals surface area contributed by atoms with E-state index >= 15 is 0 Å². The number of aliphatic hydroxyl groups is 1. The Bertz CT molecular complexity index is 363. The van der Waals surface area contributed by atoms with Crippen LogP contribution in [0, 0.1) is 0 Å². The number of rotatable bonds is 6. The van der Waals surface area contributed by atoms with E-state index < -0.39 is 6.10 Å². The summed E-state index contributed by atoms with van der Waals surface area (Å²) in [6.07, 6.45) is 3.16. The Balaban J connectivity index is 2.40. The highest BCUT2D eigenvalue weighted by molar-refractivity contribution is 7.80. The van der Waals surface area contributed by atoms with Crippen molar-refractivity contribution in [3.05, 3.63) is 29.8 Å². The van der Waals surface area contributed by atoms with Gasteiger partial charge in [-0.25, -0.2) is 0 Å². The standard InChI is InChI=1S/C14H22N2OS/c1-3-4-5-12-6-8-13(9-7-12)16-14(18)15-10-11(2)17/h6-9,11,17H,3-5,10H2,1-2H3,(H2,15,16,18)/t11-/m1/s1. The van der Waals surface area contributed by atoms with Gasteiger partial charge in [0.2, 0.25) is 0 Å². The summed E-state index contributed by atoms with van der Waals surface area (Å²) in [5, 5.41) is 15.7. The summed E-state index contributed by atoms with van der Waals surface area (Å²) in [7, 11) is 0. The molecule has 0 unspecified atom stereocenters. The number of hydrogen-bond acceptors (Lipinski definition) is 2. The highest BCUT2D eigenvalue weighted by atomic mass is 32.1.